The van der Waals surface area contributed by atoms with Crippen LogP contribution in [0.3, 0.4) is 0 Å². The highest BCUT2D eigenvalue weighted by molar-refractivity contribution is 6.30. The summed E-state index contributed by atoms with van der Waals surface area (Å²) in [6.07, 6.45) is 1.83. The maximum atomic E-state index is 12.5. The monoisotopic (exact) mass is 300 g/mol. The topological polar surface area (TPSA) is 35.5 Å². The third-order valence-electron chi connectivity index (χ3n) is 3.32. The quantitative estimate of drug-likeness (QED) is 0.786. The average molecular weight is 301 g/mol. The minimum absolute atomic E-state index is 0.0196. The Labute approximate surface area is 127 Å². The van der Waals surface area contributed by atoms with E-state index in [1.807, 2.05) is 18.2 Å². The van der Waals surface area contributed by atoms with Crippen molar-refractivity contribution in [2.45, 2.75) is 0 Å². The lowest BCUT2D eigenvalue weighted by Crippen LogP contribution is -2.19. The average Bonchev–Trinajstić information content (AvgIpc) is 2.52. The molecule has 0 N–H and O–H groups in total. The molecule has 0 aromatic heterocycles. The lowest BCUT2D eigenvalue weighted by molar-refractivity contribution is 0.100. The molecule has 0 radical (unpaired) electrons. The summed E-state index contributed by atoms with van der Waals surface area (Å²) in [6, 6.07) is 12.5. The van der Waals surface area contributed by atoms with Gasteiger partial charge in [-0.25, -0.2) is 0 Å². The van der Waals surface area contributed by atoms with Crippen molar-refractivity contribution in [2.24, 2.45) is 0 Å². The number of carbonyl (C=O) groups is 1. The van der Waals surface area contributed by atoms with Crippen molar-refractivity contribution in [2.75, 3.05) is 13.7 Å². The minimum Gasteiger partial charge on any atom is -0.497 e. The van der Waals surface area contributed by atoms with Crippen LogP contribution in [0.25, 0.3) is 6.08 Å². The van der Waals surface area contributed by atoms with Gasteiger partial charge >= 0.3 is 0 Å². The van der Waals surface area contributed by atoms with Crippen LogP contribution in [0.5, 0.6) is 11.5 Å². The fourth-order valence-electron chi connectivity index (χ4n) is 2.20. The molecule has 21 heavy (non-hydrogen) atoms. The first-order valence-corrected chi connectivity index (χ1v) is 6.87. The van der Waals surface area contributed by atoms with Crippen LogP contribution in [0.2, 0.25) is 5.02 Å². The lowest BCUT2D eigenvalue weighted by Gasteiger charge is -2.19. The molecular weight excluding hydrogens is 288 g/mol. The molecule has 4 heteroatoms. The molecule has 1 aliphatic rings. The minimum atomic E-state index is -0.0196. The van der Waals surface area contributed by atoms with Crippen LogP contribution in [0, 0.1) is 0 Å². The van der Waals surface area contributed by atoms with E-state index in [-0.39, 0.29) is 12.4 Å². The predicted octanol–water partition coefficient (Wildman–Crippen LogP) is 4.01. The highest BCUT2D eigenvalue weighted by atomic mass is 35.5. The summed E-state index contributed by atoms with van der Waals surface area (Å²) in [5, 5.41) is 0.667. The number of hydrogen-bond acceptors (Lipinski definition) is 3. The molecule has 2 aromatic rings. The van der Waals surface area contributed by atoms with E-state index in [1.54, 1.807) is 37.4 Å². The first-order chi connectivity index (χ1) is 10.2. The molecule has 3 rings (SSSR count). The van der Waals surface area contributed by atoms with Crippen molar-refractivity contribution >= 4 is 23.5 Å². The summed E-state index contributed by atoms with van der Waals surface area (Å²) in [5.41, 5.74) is 2.10. The van der Waals surface area contributed by atoms with Gasteiger partial charge in [-0.1, -0.05) is 23.7 Å². The molecule has 3 nitrogen and oxygen atoms in total. The van der Waals surface area contributed by atoms with Gasteiger partial charge in [0.2, 0.25) is 0 Å². The van der Waals surface area contributed by atoms with Crippen molar-refractivity contribution in [3.8, 4) is 11.5 Å². The van der Waals surface area contributed by atoms with E-state index in [4.69, 9.17) is 21.1 Å². The Morgan fingerprint density at radius 3 is 2.67 bits per heavy atom. The third kappa shape index (κ3) is 2.78. The number of fused-ring (bicyclic) bond motifs is 1. The lowest BCUT2D eigenvalue weighted by atomic mass is 9.98. The molecule has 0 spiro atoms. The Morgan fingerprint density at radius 1 is 1.19 bits per heavy atom. The molecule has 0 bridgehead atoms. The summed E-state index contributed by atoms with van der Waals surface area (Å²) in [4.78, 5) is 12.5. The summed E-state index contributed by atoms with van der Waals surface area (Å²) in [7, 11) is 1.58. The van der Waals surface area contributed by atoms with Gasteiger partial charge in [-0.2, -0.15) is 0 Å². The molecule has 0 saturated heterocycles. The standard InChI is InChI=1S/C17H13ClO3/c1-20-14-6-7-15-16(9-14)21-10-12(17(15)19)8-11-2-4-13(18)5-3-11/h2-9H,10H2,1H3/b12-8+. The molecule has 0 saturated carbocycles. The molecule has 106 valence electrons. The number of benzene rings is 2. The van der Waals surface area contributed by atoms with Crippen molar-refractivity contribution in [1.29, 1.82) is 0 Å². The van der Waals surface area contributed by atoms with Gasteiger partial charge in [-0.05, 0) is 35.9 Å². The maximum absolute atomic E-state index is 12.5. The zero-order chi connectivity index (χ0) is 14.8. The van der Waals surface area contributed by atoms with Crippen molar-refractivity contribution < 1.29 is 14.3 Å². The van der Waals surface area contributed by atoms with Gasteiger partial charge in [-0.15, -0.1) is 0 Å². The number of hydrogen-bond donors (Lipinski definition) is 0. The van der Waals surface area contributed by atoms with Crippen LogP contribution in [0.15, 0.2) is 48.0 Å². The third-order valence-corrected chi connectivity index (χ3v) is 3.57. The summed E-state index contributed by atoms with van der Waals surface area (Å²) >= 11 is 5.85. The molecular formula is C17H13ClO3. The number of rotatable bonds is 2. The van der Waals surface area contributed by atoms with Gasteiger partial charge in [0.05, 0.1) is 12.7 Å². The Kier molecular flexibility index (Phi) is 3.67. The van der Waals surface area contributed by atoms with Crippen molar-refractivity contribution in [3.05, 3.63) is 64.2 Å². The van der Waals surface area contributed by atoms with Crippen LogP contribution < -0.4 is 9.47 Å². The van der Waals surface area contributed by atoms with Crippen LogP contribution in [-0.2, 0) is 0 Å². The van der Waals surface area contributed by atoms with E-state index in [0.29, 0.717) is 27.7 Å². The van der Waals surface area contributed by atoms with Crippen LogP contribution in [-0.4, -0.2) is 19.5 Å². The molecule has 0 aliphatic carbocycles. The van der Waals surface area contributed by atoms with E-state index in [1.165, 1.54) is 0 Å². The number of ether oxygens (including phenoxy) is 2. The summed E-state index contributed by atoms with van der Waals surface area (Å²) in [5.74, 6) is 1.22. The number of Topliss-reactive ketones (excluding diaryl/α,β-unsaturated/α-hetero) is 1. The SMILES string of the molecule is COc1ccc2c(c1)OC/C(=C\c1ccc(Cl)cc1)C2=O. The fourth-order valence-corrected chi connectivity index (χ4v) is 2.32. The first kappa shape index (κ1) is 13.7. The normalized spacial score (nSPS) is 15.5. The molecule has 0 unspecified atom stereocenters. The highest BCUT2D eigenvalue weighted by Gasteiger charge is 2.23. The van der Waals surface area contributed by atoms with E-state index in [0.717, 1.165) is 5.56 Å². The highest BCUT2D eigenvalue weighted by Crippen LogP contribution is 2.31. The number of ketones is 1. The van der Waals surface area contributed by atoms with Gasteiger partial charge < -0.3 is 9.47 Å². The van der Waals surface area contributed by atoms with Crippen LogP contribution >= 0.6 is 11.6 Å². The zero-order valence-corrected chi connectivity index (χ0v) is 12.2. The van der Waals surface area contributed by atoms with Crippen LogP contribution in [0.4, 0.5) is 0 Å². The Bertz CT molecular complexity index is 717. The second-order valence-electron chi connectivity index (χ2n) is 4.70. The second-order valence-corrected chi connectivity index (χ2v) is 5.14. The summed E-state index contributed by atoms with van der Waals surface area (Å²) in [6.45, 7) is 0.252. The Balaban J connectivity index is 1.93. The van der Waals surface area contributed by atoms with Crippen molar-refractivity contribution in [1.82, 2.24) is 0 Å². The second kappa shape index (κ2) is 5.62. The van der Waals surface area contributed by atoms with E-state index in [2.05, 4.69) is 0 Å². The van der Waals surface area contributed by atoms with Gasteiger partial charge in [0.25, 0.3) is 0 Å². The van der Waals surface area contributed by atoms with Gasteiger partial charge in [0.15, 0.2) is 5.78 Å². The molecule has 0 atom stereocenters. The van der Waals surface area contributed by atoms with Gasteiger partial charge in [-0.3, -0.25) is 4.79 Å². The van der Waals surface area contributed by atoms with Crippen LogP contribution in [0.1, 0.15) is 15.9 Å². The van der Waals surface area contributed by atoms with Crippen molar-refractivity contribution in [3.63, 3.8) is 0 Å². The number of halogens is 1. The predicted molar refractivity (Wildman–Crippen MR) is 82.2 cm³/mol. The smallest absolute Gasteiger partial charge is 0.196 e. The maximum Gasteiger partial charge on any atom is 0.196 e. The number of carbonyl (C=O) groups excluding carboxylic acids is 1. The van der Waals surface area contributed by atoms with E-state index >= 15 is 0 Å². The first-order valence-electron chi connectivity index (χ1n) is 6.49. The Morgan fingerprint density at radius 2 is 1.95 bits per heavy atom. The molecule has 0 fully saturated rings. The number of methoxy groups -OCH3 is 1. The largest absolute Gasteiger partial charge is 0.497 e. The van der Waals surface area contributed by atoms with Gasteiger partial charge in [0.1, 0.15) is 18.1 Å². The molecule has 2 aromatic carbocycles. The molecule has 1 heterocycles. The van der Waals surface area contributed by atoms with E-state index < -0.39 is 0 Å². The fraction of sp³-hybridized carbons (Fsp3) is 0.118. The molecule has 1 aliphatic heterocycles. The summed E-state index contributed by atoms with van der Waals surface area (Å²) < 4.78 is 10.8. The van der Waals surface area contributed by atoms with Gasteiger partial charge in [0, 0.05) is 16.7 Å². The molecule has 0 amide bonds. The zero-order valence-electron chi connectivity index (χ0n) is 11.4. The van der Waals surface area contributed by atoms with E-state index in [9.17, 15) is 4.79 Å². The Hall–Kier alpha value is -2.26.